The van der Waals surface area contributed by atoms with Crippen molar-refractivity contribution < 1.29 is 23.7 Å². The molecule has 2 unspecified atom stereocenters. The van der Waals surface area contributed by atoms with Crippen LogP contribution in [0.15, 0.2) is 12.2 Å². The third kappa shape index (κ3) is 2.22. The molecule has 6 nitrogen and oxygen atoms in total. The zero-order chi connectivity index (χ0) is 10.6. The summed E-state index contributed by atoms with van der Waals surface area (Å²) in [7, 11) is 4.14. The highest BCUT2D eigenvalue weighted by atomic mass is 16.8. The summed E-state index contributed by atoms with van der Waals surface area (Å²) in [4.78, 5) is 11.0. The molecule has 14 heavy (non-hydrogen) atoms. The Morgan fingerprint density at radius 2 is 2.21 bits per heavy atom. The smallest absolute Gasteiger partial charge is 0.411 e. The molecular formula is C8H13NO5. The summed E-state index contributed by atoms with van der Waals surface area (Å²) in [5.41, 5.74) is 0. The van der Waals surface area contributed by atoms with E-state index in [2.05, 4.69) is 10.1 Å². The Bertz CT molecular complexity index is 242. The van der Waals surface area contributed by atoms with E-state index in [1.165, 1.54) is 27.4 Å². The van der Waals surface area contributed by atoms with Gasteiger partial charge in [0.15, 0.2) is 6.29 Å². The second kappa shape index (κ2) is 4.41. The van der Waals surface area contributed by atoms with Crippen molar-refractivity contribution in [2.75, 3.05) is 21.3 Å². The Hall–Kier alpha value is -1.11. The van der Waals surface area contributed by atoms with Gasteiger partial charge in [0.25, 0.3) is 5.91 Å². The summed E-state index contributed by atoms with van der Waals surface area (Å²) in [6.07, 6.45) is 1.98. The second-order valence-electron chi connectivity index (χ2n) is 2.57. The molecular weight excluding hydrogens is 190 g/mol. The highest BCUT2D eigenvalue weighted by Crippen LogP contribution is 2.21. The number of nitrogens with one attached hydrogen (secondary N) is 1. The van der Waals surface area contributed by atoms with Gasteiger partial charge >= 0.3 is 6.09 Å². The van der Waals surface area contributed by atoms with Crippen molar-refractivity contribution in [3.05, 3.63) is 12.2 Å². The standard InChI is InChI=1S/C8H13NO5/c1-11-6-4-5-8(13-3,14-6)9-7(10)12-2/h4-6H,1-3H3,(H,9,10). The van der Waals surface area contributed by atoms with Crippen LogP contribution in [0.2, 0.25) is 0 Å². The summed E-state index contributed by atoms with van der Waals surface area (Å²) in [5, 5.41) is 2.38. The fourth-order valence-corrected chi connectivity index (χ4v) is 1.01. The molecule has 0 aliphatic carbocycles. The Balaban J connectivity index is 2.61. The first kappa shape index (κ1) is 11.0. The lowest BCUT2D eigenvalue weighted by atomic mass is 10.4. The third-order valence-electron chi connectivity index (χ3n) is 1.76. The van der Waals surface area contributed by atoms with Crippen molar-refractivity contribution in [2.24, 2.45) is 0 Å². The van der Waals surface area contributed by atoms with E-state index in [0.717, 1.165) is 0 Å². The van der Waals surface area contributed by atoms with Crippen LogP contribution in [-0.2, 0) is 18.9 Å². The molecule has 1 amide bonds. The molecule has 2 atom stereocenters. The lowest BCUT2D eigenvalue weighted by molar-refractivity contribution is -0.252. The molecule has 0 spiro atoms. The largest absolute Gasteiger partial charge is 0.453 e. The Kier molecular flexibility index (Phi) is 3.45. The molecule has 1 rings (SSSR count). The monoisotopic (exact) mass is 203 g/mol. The number of rotatable bonds is 3. The van der Waals surface area contributed by atoms with Crippen LogP contribution in [0, 0.1) is 0 Å². The van der Waals surface area contributed by atoms with Gasteiger partial charge in [0.1, 0.15) is 0 Å². The molecule has 1 heterocycles. The molecule has 0 aromatic rings. The SMILES string of the molecule is COC(=O)NC1(OC)C=CC(OC)O1. The summed E-state index contributed by atoms with van der Waals surface area (Å²) in [5.74, 6) is -1.30. The van der Waals surface area contributed by atoms with Crippen molar-refractivity contribution in [2.45, 2.75) is 12.2 Å². The van der Waals surface area contributed by atoms with Gasteiger partial charge < -0.3 is 14.2 Å². The predicted molar refractivity (Wildman–Crippen MR) is 46.3 cm³/mol. The molecule has 0 saturated heterocycles. The van der Waals surface area contributed by atoms with E-state index >= 15 is 0 Å². The van der Waals surface area contributed by atoms with Gasteiger partial charge in [0.05, 0.1) is 7.11 Å². The first-order valence-electron chi connectivity index (χ1n) is 3.97. The first-order chi connectivity index (χ1) is 6.65. The van der Waals surface area contributed by atoms with Crippen LogP contribution in [0.1, 0.15) is 0 Å². The van der Waals surface area contributed by atoms with E-state index < -0.39 is 18.3 Å². The maximum Gasteiger partial charge on any atom is 0.411 e. The molecule has 0 aromatic carbocycles. The normalized spacial score (nSPS) is 30.4. The molecule has 0 bridgehead atoms. The summed E-state index contributed by atoms with van der Waals surface area (Å²) < 4.78 is 19.6. The van der Waals surface area contributed by atoms with E-state index in [9.17, 15) is 4.79 Å². The number of carbonyl (C=O) groups is 1. The Morgan fingerprint density at radius 3 is 2.64 bits per heavy atom. The predicted octanol–water partition coefficient (Wildman–Crippen LogP) is 0.201. The number of amides is 1. The fourth-order valence-electron chi connectivity index (χ4n) is 1.01. The number of hydrogen-bond acceptors (Lipinski definition) is 5. The average molecular weight is 203 g/mol. The fraction of sp³-hybridized carbons (Fsp3) is 0.625. The van der Waals surface area contributed by atoms with Crippen LogP contribution in [0.5, 0.6) is 0 Å². The van der Waals surface area contributed by atoms with Crippen molar-refractivity contribution >= 4 is 6.09 Å². The molecule has 1 aliphatic rings. The van der Waals surface area contributed by atoms with E-state index in [-0.39, 0.29) is 0 Å². The molecule has 6 heteroatoms. The number of alkyl carbamates (subject to hydrolysis) is 1. The van der Waals surface area contributed by atoms with Crippen LogP contribution < -0.4 is 5.32 Å². The van der Waals surface area contributed by atoms with Crippen LogP contribution in [0.4, 0.5) is 4.79 Å². The average Bonchev–Trinajstić information content (AvgIpc) is 2.62. The molecule has 0 saturated carbocycles. The van der Waals surface area contributed by atoms with Crippen molar-refractivity contribution in [3.63, 3.8) is 0 Å². The summed E-state index contributed by atoms with van der Waals surface area (Å²) >= 11 is 0. The van der Waals surface area contributed by atoms with Crippen LogP contribution in [-0.4, -0.2) is 39.6 Å². The molecule has 0 fully saturated rings. The maximum atomic E-state index is 11.0. The van der Waals surface area contributed by atoms with Gasteiger partial charge in [-0.1, -0.05) is 0 Å². The molecule has 0 aromatic heterocycles. The zero-order valence-corrected chi connectivity index (χ0v) is 8.27. The number of carbonyl (C=O) groups excluding carboxylic acids is 1. The maximum absolute atomic E-state index is 11.0. The van der Waals surface area contributed by atoms with Crippen LogP contribution >= 0.6 is 0 Å². The topological polar surface area (TPSA) is 66.0 Å². The summed E-state index contributed by atoms with van der Waals surface area (Å²) in [6, 6.07) is 0. The van der Waals surface area contributed by atoms with Crippen LogP contribution in [0.3, 0.4) is 0 Å². The van der Waals surface area contributed by atoms with Gasteiger partial charge in [-0.15, -0.1) is 0 Å². The number of ether oxygens (including phenoxy) is 4. The second-order valence-corrected chi connectivity index (χ2v) is 2.57. The van der Waals surface area contributed by atoms with E-state index in [1.807, 2.05) is 0 Å². The van der Waals surface area contributed by atoms with E-state index in [4.69, 9.17) is 14.2 Å². The number of methoxy groups -OCH3 is 3. The van der Waals surface area contributed by atoms with Gasteiger partial charge in [-0.25, -0.2) is 4.79 Å². The molecule has 1 aliphatic heterocycles. The zero-order valence-electron chi connectivity index (χ0n) is 8.27. The van der Waals surface area contributed by atoms with Gasteiger partial charge in [0.2, 0.25) is 0 Å². The lowest BCUT2D eigenvalue weighted by Crippen LogP contribution is -2.50. The third-order valence-corrected chi connectivity index (χ3v) is 1.76. The minimum atomic E-state index is -1.30. The first-order valence-corrected chi connectivity index (χ1v) is 3.97. The lowest BCUT2D eigenvalue weighted by Gasteiger charge is -2.26. The highest BCUT2D eigenvalue weighted by Gasteiger charge is 2.38. The summed E-state index contributed by atoms with van der Waals surface area (Å²) in [6.45, 7) is 0. The Labute approximate surface area is 81.8 Å². The van der Waals surface area contributed by atoms with Crippen molar-refractivity contribution in [1.29, 1.82) is 0 Å². The van der Waals surface area contributed by atoms with Gasteiger partial charge in [-0.3, -0.25) is 10.1 Å². The quantitative estimate of drug-likeness (QED) is 0.524. The van der Waals surface area contributed by atoms with Crippen molar-refractivity contribution in [1.82, 2.24) is 5.32 Å². The molecule has 0 radical (unpaired) electrons. The minimum absolute atomic E-state index is 0.535. The van der Waals surface area contributed by atoms with Gasteiger partial charge in [-0.2, -0.15) is 0 Å². The van der Waals surface area contributed by atoms with E-state index in [0.29, 0.717) is 0 Å². The van der Waals surface area contributed by atoms with Gasteiger partial charge in [0, 0.05) is 14.2 Å². The molecule has 1 N–H and O–H groups in total. The molecule has 80 valence electrons. The van der Waals surface area contributed by atoms with E-state index in [1.54, 1.807) is 6.08 Å². The minimum Gasteiger partial charge on any atom is -0.453 e. The van der Waals surface area contributed by atoms with Gasteiger partial charge in [-0.05, 0) is 12.2 Å². The Morgan fingerprint density at radius 1 is 1.50 bits per heavy atom. The van der Waals surface area contributed by atoms with Crippen LogP contribution in [0.25, 0.3) is 0 Å². The number of hydrogen-bond donors (Lipinski definition) is 1. The van der Waals surface area contributed by atoms with Crippen molar-refractivity contribution in [3.8, 4) is 0 Å². The highest BCUT2D eigenvalue weighted by molar-refractivity contribution is 5.68.